The van der Waals surface area contributed by atoms with Crippen LogP contribution in [0.4, 0.5) is 0 Å². The van der Waals surface area contributed by atoms with Gasteiger partial charge >= 0.3 is 0 Å². The van der Waals surface area contributed by atoms with Crippen molar-refractivity contribution in [2.24, 2.45) is 0 Å². The Morgan fingerprint density at radius 2 is 1.95 bits per heavy atom. The first kappa shape index (κ1) is 15.0. The number of aliphatic hydroxyl groups excluding tert-OH is 1. The summed E-state index contributed by atoms with van der Waals surface area (Å²) in [5.41, 5.74) is 1.30. The minimum absolute atomic E-state index is 0.167. The summed E-state index contributed by atoms with van der Waals surface area (Å²) in [7, 11) is 0. The lowest BCUT2D eigenvalue weighted by Gasteiger charge is -2.17. The van der Waals surface area contributed by atoms with E-state index in [0.29, 0.717) is 10.6 Å². The monoisotopic (exact) mass is 353 g/mol. The van der Waals surface area contributed by atoms with Crippen molar-refractivity contribution in [2.75, 3.05) is 6.61 Å². The summed E-state index contributed by atoms with van der Waals surface area (Å²) in [6.07, 6.45) is 0. The third-order valence-corrected chi connectivity index (χ3v) is 4.10. The molecule has 2 N–H and O–H groups in total. The molecule has 2 rings (SSSR count). The largest absolute Gasteiger partial charge is 0.394 e. The molecule has 5 heteroatoms. The number of carbonyl (C=O) groups is 1. The average molecular weight is 355 g/mol. The van der Waals surface area contributed by atoms with Crippen molar-refractivity contribution in [3.63, 3.8) is 0 Å². The van der Waals surface area contributed by atoms with E-state index in [9.17, 15) is 9.90 Å². The fourth-order valence-corrected chi connectivity index (χ4v) is 2.23. The molecule has 20 heavy (non-hydrogen) atoms. The zero-order chi connectivity index (χ0) is 14.5. The van der Waals surface area contributed by atoms with Gasteiger partial charge in [-0.15, -0.1) is 0 Å². The maximum absolute atomic E-state index is 12.2. The summed E-state index contributed by atoms with van der Waals surface area (Å²) in [5.74, 6) is -0.276. The first-order valence-electron chi connectivity index (χ1n) is 6.03. The fraction of sp³-hybridized carbons (Fsp3) is 0.133. The molecular formula is C15H13BrClNO2. The molecule has 0 unspecified atom stereocenters. The van der Waals surface area contributed by atoms with Crippen LogP contribution in [0.15, 0.2) is 53.0 Å². The molecule has 0 radical (unpaired) electrons. The number of hydrogen-bond donors (Lipinski definition) is 2. The van der Waals surface area contributed by atoms with Crippen LogP contribution in [0.5, 0.6) is 0 Å². The Labute approximate surface area is 130 Å². The van der Waals surface area contributed by atoms with Gasteiger partial charge in [0.15, 0.2) is 0 Å². The van der Waals surface area contributed by atoms with E-state index in [1.807, 2.05) is 30.3 Å². The Hall–Kier alpha value is -1.36. The molecule has 0 aromatic heterocycles. The average Bonchev–Trinajstić information content (AvgIpc) is 2.48. The van der Waals surface area contributed by atoms with Crippen LogP contribution in [0, 0.1) is 0 Å². The molecule has 0 saturated heterocycles. The van der Waals surface area contributed by atoms with Gasteiger partial charge in [0.25, 0.3) is 5.91 Å². The molecule has 0 saturated carbocycles. The molecule has 0 bridgehead atoms. The zero-order valence-corrected chi connectivity index (χ0v) is 12.9. The Balaban J connectivity index is 2.15. The van der Waals surface area contributed by atoms with Crippen molar-refractivity contribution in [1.82, 2.24) is 5.32 Å². The number of halogens is 2. The van der Waals surface area contributed by atoms with Crippen molar-refractivity contribution >= 4 is 33.4 Å². The quantitative estimate of drug-likeness (QED) is 0.882. The molecule has 1 amide bonds. The van der Waals surface area contributed by atoms with Crippen LogP contribution in [0.25, 0.3) is 0 Å². The van der Waals surface area contributed by atoms with Gasteiger partial charge in [-0.05, 0) is 39.7 Å². The summed E-state index contributed by atoms with van der Waals surface area (Å²) < 4.78 is 0.734. The van der Waals surface area contributed by atoms with E-state index in [-0.39, 0.29) is 12.5 Å². The molecule has 0 aliphatic carbocycles. The van der Waals surface area contributed by atoms with Crippen LogP contribution >= 0.6 is 27.5 Å². The molecule has 3 nitrogen and oxygen atoms in total. The molecule has 1 atom stereocenters. The van der Waals surface area contributed by atoms with Gasteiger partial charge in [0.05, 0.1) is 17.7 Å². The molecule has 0 spiro atoms. The summed E-state index contributed by atoms with van der Waals surface area (Å²) in [6, 6.07) is 13.9. The van der Waals surface area contributed by atoms with Crippen LogP contribution in [0.1, 0.15) is 22.0 Å². The highest BCUT2D eigenvalue weighted by molar-refractivity contribution is 9.10. The first-order chi connectivity index (χ1) is 9.61. The second-order valence-electron chi connectivity index (χ2n) is 4.25. The van der Waals surface area contributed by atoms with Crippen LogP contribution in [0.3, 0.4) is 0 Å². The number of benzene rings is 2. The number of aliphatic hydroxyl groups is 1. The van der Waals surface area contributed by atoms with Gasteiger partial charge in [0.2, 0.25) is 0 Å². The molecule has 2 aromatic rings. The van der Waals surface area contributed by atoms with E-state index in [2.05, 4.69) is 21.2 Å². The molecule has 0 aliphatic heterocycles. The van der Waals surface area contributed by atoms with Gasteiger partial charge < -0.3 is 10.4 Å². The Kier molecular flexibility index (Phi) is 5.17. The van der Waals surface area contributed by atoms with Crippen molar-refractivity contribution in [1.29, 1.82) is 0 Å². The number of amides is 1. The van der Waals surface area contributed by atoms with E-state index in [4.69, 9.17) is 11.6 Å². The number of hydrogen-bond acceptors (Lipinski definition) is 2. The summed E-state index contributed by atoms with van der Waals surface area (Å²) in [6.45, 7) is -0.167. The van der Waals surface area contributed by atoms with E-state index in [0.717, 1.165) is 10.0 Å². The maximum atomic E-state index is 12.2. The van der Waals surface area contributed by atoms with Gasteiger partial charge in [-0.1, -0.05) is 41.9 Å². The number of carbonyl (C=O) groups excluding carboxylic acids is 1. The second kappa shape index (κ2) is 6.88. The highest BCUT2D eigenvalue weighted by atomic mass is 79.9. The lowest BCUT2D eigenvalue weighted by molar-refractivity contribution is 0.0916. The van der Waals surface area contributed by atoms with Crippen LogP contribution in [-0.2, 0) is 0 Å². The minimum Gasteiger partial charge on any atom is -0.394 e. The van der Waals surface area contributed by atoms with Gasteiger partial charge in [0.1, 0.15) is 0 Å². The first-order valence-corrected chi connectivity index (χ1v) is 7.20. The van der Waals surface area contributed by atoms with Gasteiger partial charge in [-0.2, -0.15) is 0 Å². The summed E-state index contributed by atoms with van der Waals surface area (Å²) in [4.78, 5) is 12.2. The molecular weight excluding hydrogens is 342 g/mol. The number of rotatable bonds is 4. The van der Waals surface area contributed by atoms with E-state index < -0.39 is 6.04 Å². The fourth-order valence-electron chi connectivity index (χ4n) is 1.80. The lowest BCUT2D eigenvalue weighted by atomic mass is 10.1. The van der Waals surface area contributed by atoms with Crippen LogP contribution in [-0.4, -0.2) is 17.6 Å². The highest BCUT2D eigenvalue weighted by Crippen LogP contribution is 2.23. The van der Waals surface area contributed by atoms with Gasteiger partial charge in [-0.3, -0.25) is 4.79 Å². The second-order valence-corrected chi connectivity index (χ2v) is 5.51. The normalized spacial score (nSPS) is 11.9. The van der Waals surface area contributed by atoms with Gasteiger partial charge in [0, 0.05) is 10.0 Å². The molecule has 0 fully saturated rings. The minimum atomic E-state index is -0.439. The SMILES string of the molecule is O=C(N[C@H](CO)c1ccccc1)c1ccc(Br)c(Cl)c1. The smallest absolute Gasteiger partial charge is 0.251 e. The maximum Gasteiger partial charge on any atom is 0.251 e. The molecule has 0 aliphatic rings. The topological polar surface area (TPSA) is 49.3 Å². The summed E-state index contributed by atoms with van der Waals surface area (Å²) in [5, 5.41) is 12.7. The summed E-state index contributed by atoms with van der Waals surface area (Å²) >= 11 is 9.25. The van der Waals surface area contributed by atoms with E-state index >= 15 is 0 Å². The zero-order valence-electron chi connectivity index (χ0n) is 10.5. The van der Waals surface area contributed by atoms with E-state index in [1.54, 1.807) is 18.2 Å². The molecule has 2 aromatic carbocycles. The highest BCUT2D eigenvalue weighted by Gasteiger charge is 2.15. The third kappa shape index (κ3) is 3.60. The Morgan fingerprint density at radius 1 is 1.25 bits per heavy atom. The van der Waals surface area contributed by atoms with Crippen molar-refractivity contribution < 1.29 is 9.90 Å². The van der Waals surface area contributed by atoms with E-state index in [1.165, 1.54) is 0 Å². The Morgan fingerprint density at radius 3 is 2.55 bits per heavy atom. The van der Waals surface area contributed by atoms with Crippen LogP contribution < -0.4 is 5.32 Å². The predicted molar refractivity (Wildman–Crippen MR) is 82.9 cm³/mol. The predicted octanol–water partition coefficient (Wildman–Crippen LogP) is 3.57. The molecule has 0 heterocycles. The lowest BCUT2D eigenvalue weighted by Crippen LogP contribution is -2.30. The van der Waals surface area contributed by atoms with Crippen molar-refractivity contribution in [2.45, 2.75) is 6.04 Å². The van der Waals surface area contributed by atoms with Crippen molar-refractivity contribution in [3.8, 4) is 0 Å². The van der Waals surface area contributed by atoms with Gasteiger partial charge in [-0.25, -0.2) is 0 Å². The molecule has 104 valence electrons. The number of nitrogens with one attached hydrogen (secondary N) is 1. The third-order valence-electron chi connectivity index (χ3n) is 2.87. The van der Waals surface area contributed by atoms with Crippen LogP contribution in [0.2, 0.25) is 5.02 Å². The Bertz CT molecular complexity index is 604. The van der Waals surface area contributed by atoms with Crippen molar-refractivity contribution in [3.05, 3.63) is 69.2 Å². The standard InChI is InChI=1S/C15H13BrClNO2/c16-12-7-6-11(8-13(12)17)15(20)18-14(9-19)10-4-2-1-3-5-10/h1-8,14,19H,9H2,(H,18,20)/t14-/m1/s1.